The van der Waals surface area contributed by atoms with E-state index in [1.54, 1.807) is 18.2 Å². The molecule has 2 aromatic carbocycles. The summed E-state index contributed by atoms with van der Waals surface area (Å²) in [5.74, 6) is -0.00320. The van der Waals surface area contributed by atoms with Gasteiger partial charge in [-0.2, -0.15) is 0 Å². The number of aryl methyl sites for hydroxylation is 1. The molecule has 24 heavy (non-hydrogen) atoms. The first-order chi connectivity index (χ1) is 11.5. The average molecular weight is 382 g/mol. The van der Waals surface area contributed by atoms with Gasteiger partial charge in [0.15, 0.2) is 0 Å². The van der Waals surface area contributed by atoms with Crippen molar-refractivity contribution in [2.45, 2.75) is 42.9 Å². The summed E-state index contributed by atoms with van der Waals surface area (Å²) in [5, 5.41) is 3.95. The number of amides is 1. The van der Waals surface area contributed by atoms with Gasteiger partial charge in [-0.1, -0.05) is 59.6 Å². The van der Waals surface area contributed by atoms with E-state index in [0.717, 1.165) is 17.7 Å². The average Bonchev–Trinajstić information content (AvgIpc) is 2.57. The second-order valence-electron chi connectivity index (χ2n) is 5.74. The van der Waals surface area contributed by atoms with Gasteiger partial charge in [0.25, 0.3) is 0 Å². The van der Waals surface area contributed by atoms with Crippen LogP contribution in [0.2, 0.25) is 10.0 Å². The molecular weight excluding hydrogens is 361 g/mol. The van der Waals surface area contributed by atoms with Crippen molar-refractivity contribution >= 4 is 40.9 Å². The normalized spacial score (nSPS) is 13.3. The minimum atomic E-state index is -0.262. The standard InChI is InChI=1S/C19H21Cl2NOS/c1-13(11-12-15-7-4-3-5-8-15)22-19(23)14(2)24-18-16(20)9-6-10-17(18)21/h3-10,13-14H,11-12H2,1-2H3,(H,22,23)/t13-,14+/m1/s1. The van der Waals surface area contributed by atoms with Gasteiger partial charge in [0.2, 0.25) is 5.91 Å². The fourth-order valence-corrected chi connectivity index (χ4v) is 3.84. The molecule has 2 rings (SSSR count). The summed E-state index contributed by atoms with van der Waals surface area (Å²) in [6.07, 6.45) is 1.85. The summed E-state index contributed by atoms with van der Waals surface area (Å²) in [4.78, 5) is 13.1. The maximum Gasteiger partial charge on any atom is 0.233 e. The van der Waals surface area contributed by atoms with Gasteiger partial charge >= 0.3 is 0 Å². The van der Waals surface area contributed by atoms with E-state index in [4.69, 9.17) is 23.2 Å². The van der Waals surface area contributed by atoms with Crippen molar-refractivity contribution in [1.29, 1.82) is 0 Å². The van der Waals surface area contributed by atoms with Crippen molar-refractivity contribution in [1.82, 2.24) is 5.32 Å². The predicted octanol–water partition coefficient (Wildman–Crippen LogP) is 5.61. The molecule has 1 N–H and O–H groups in total. The van der Waals surface area contributed by atoms with Crippen LogP contribution < -0.4 is 5.32 Å². The molecule has 0 aliphatic heterocycles. The smallest absolute Gasteiger partial charge is 0.233 e. The summed E-state index contributed by atoms with van der Waals surface area (Å²) in [6, 6.07) is 15.8. The van der Waals surface area contributed by atoms with Crippen LogP contribution in [-0.2, 0) is 11.2 Å². The van der Waals surface area contributed by atoms with Crippen LogP contribution in [0.15, 0.2) is 53.4 Å². The maximum atomic E-state index is 12.4. The zero-order valence-electron chi connectivity index (χ0n) is 13.8. The molecule has 0 saturated heterocycles. The molecule has 0 aromatic heterocycles. The van der Waals surface area contributed by atoms with E-state index in [1.807, 2.05) is 32.0 Å². The minimum Gasteiger partial charge on any atom is -0.353 e. The van der Waals surface area contributed by atoms with Crippen LogP contribution in [0.3, 0.4) is 0 Å². The van der Waals surface area contributed by atoms with Crippen LogP contribution >= 0.6 is 35.0 Å². The predicted molar refractivity (Wildman–Crippen MR) is 104 cm³/mol. The number of halogens is 2. The van der Waals surface area contributed by atoms with Gasteiger partial charge in [0.05, 0.1) is 15.3 Å². The van der Waals surface area contributed by atoms with Gasteiger partial charge in [-0.25, -0.2) is 0 Å². The summed E-state index contributed by atoms with van der Waals surface area (Å²) in [7, 11) is 0. The van der Waals surface area contributed by atoms with E-state index in [-0.39, 0.29) is 17.2 Å². The molecule has 5 heteroatoms. The van der Waals surface area contributed by atoms with Gasteiger partial charge < -0.3 is 5.32 Å². The summed E-state index contributed by atoms with van der Waals surface area (Å²) in [5.41, 5.74) is 1.28. The Hall–Kier alpha value is -1.16. The van der Waals surface area contributed by atoms with Crippen molar-refractivity contribution in [3.05, 3.63) is 64.1 Å². The highest BCUT2D eigenvalue weighted by atomic mass is 35.5. The second kappa shape index (κ2) is 9.36. The lowest BCUT2D eigenvalue weighted by Crippen LogP contribution is -2.37. The van der Waals surface area contributed by atoms with E-state index in [2.05, 4.69) is 17.4 Å². The Labute approximate surface area is 157 Å². The Morgan fingerprint density at radius 3 is 2.29 bits per heavy atom. The molecule has 0 aliphatic rings. The summed E-state index contributed by atoms with van der Waals surface area (Å²) < 4.78 is 0. The first-order valence-electron chi connectivity index (χ1n) is 7.92. The molecule has 0 spiro atoms. The third kappa shape index (κ3) is 5.73. The largest absolute Gasteiger partial charge is 0.353 e. The van der Waals surface area contributed by atoms with Crippen molar-refractivity contribution in [3.63, 3.8) is 0 Å². The van der Waals surface area contributed by atoms with Gasteiger partial charge in [0, 0.05) is 10.9 Å². The second-order valence-corrected chi connectivity index (χ2v) is 7.91. The fourth-order valence-electron chi connectivity index (χ4n) is 2.29. The van der Waals surface area contributed by atoms with Crippen molar-refractivity contribution in [2.75, 3.05) is 0 Å². The van der Waals surface area contributed by atoms with Gasteiger partial charge in [-0.3, -0.25) is 4.79 Å². The topological polar surface area (TPSA) is 29.1 Å². The van der Waals surface area contributed by atoms with Crippen molar-refractivity contribution < 1.29 is 4.79 Å². The molecule has 128 valence electrons. The van der Waals surface area contributed by atoms with Crippen LogP contribution in [0.1, 0.15) is 25.8 Å². The Balaban J connectivity index is 1.84. The van der Waals surface area contributed by atoms with Gasteiger partial charge in [-0.15, -0.1) is 11.8 Å². The quantitative estimate of drug-likeness (QED) is 0.631. The highest BCUT2D eigenvalue weighted by Gasteiger charge is 2.19. The number of thioether (sulfide) groups is 1. The Morgan fingerprint density at radius 2 is 1.67 bits per heavy atom. The molecule has 0 unspecified atom stereocenters. The zero-order valence-corrected chi connectivity index (χ0v) is 16.1. The lowest BCUT2D eigenvalue weighted by Gasteiger charge is -2.18. The molecule has 0 radical (unpaired) electrons. The monoisotopic (exact) mass is 381 g/mol. The Morgan fingerprint density at radius 1 is 1.04 bits per heavy atom. The van der Waals surface area contributed by atoms with Crippen LogP contribution in [0.25, 0.3) is 0 Å². The number of hydrogen-bond acceptors (Lipinski definition) is 2. The molecular formula is C19H21Cl2NOS. The van der Waals surface area contributed by atoms with Crippen molar-refractivity contribution in [3.8, 4) is 0 Å². The Bertz CT molecular complexity index is 658. The highest BCUT2D eigenvalue weighted by Crippen LogP contribution is 2.36. The van der Waals surface area contributed by atoms with E-state index in [9.17, 15) is 4.79 Å². The minimum absolute atomic E-state index is 0.00320. The highest BCUT2D eigenvalue weighted by molar-refractivity contribution is 8.00. The van der Waals surface area contributed by atoms with Crippen LogP contribution in [0.5, 0.6) is 0 Å². The zero-order chi connectivity index (χ0) is 17.5. The maximum absolute atomic E-state index is 12.4. The molecule has 0 bridgehead atoms. The number of carbonyl (C=O) groups excluding carboxylic acids is 1. The lowest BCUT2D eigenvalue weighted by atomic mass is 10.1. The number of nitrogens with one attached hydrogen (secondary N) is 1. The SMILES string of the molecule is C[C@H](CCc1ccccc1)NC(=O)[C@H](C)Sc1c(Cl)cccc1Cl. The van der Waals surface area contributed by atoms with E-state index < -0.39 is 0 Å². The van der Waals surface area contributed by atoms with E-state index >= 15 is 0 Å². The van der Waals surface area contributed by atoms with E-state index in [1.165, 1.54) is 17.3 Å². The van der Waals surface area contributed by atoms with Crippen LogP contribution in [-0.4, -0.2) is 17.2 Å². The molecule has 1 amide bonds. The number of hydrogen-bond donors (Lipinski definition) is 1. The number of rotatable bonds is 7. The van der Waals surface area contributed by atoms with Crippen LogP contribution in [0, 0.1) is 0 Å². The lowest BCUT2D eigenvalue weighted by molar-refractivity contribution is -0.120. The number of carbonyl (C=O) groups is 1. The third-order valence-corrected chi connectivity index (χ3v) is 5.78. The summed E-state index contributed by atoms with van der Waals surface area (Å²) in [6.45, 7) is 3.89. The molecule has 0 aliphatic carbocycles. The first-order valence-corrected chi connectivity index (χ1v) is 9.56. The van der Waals surface area contributed by atoms with Crippen LogP contribution in [0.4, 0.5) is 0 Å². The number of benzene rings is 2. The first kappa shape index (κ1) is 19.2. The van der Waals surface area contributed by atoms with Gasteiger partial charge in [-0.05, 0) is 44.4 Å². The summed E-state index contributed by atoms with van der Waals surface area (Å²) >= 11 is 13.7. The third-order valence-electron chi connectivity index (χ3n) is 3.68. The van der Waals surface area contributed by atoms with Crippen molar-refractivity contribution in [2.24, 2.45) is 0 Å². The molecule has 0 saturated carbocycles. The van der Waals surface area contributed by atoms with E-state index in [0.29, 0.717) is 10.0 Å². The molecule has 2 nitrogen and oxygen atoms in total. The Kier molecular flexibility index (Phi) is 7.47. The fraction of sp³-hybridized carbons (Fsp3) is 0.316. The molecule has 0 heterocycles. The van der Waals surface area contributed by atoms with Gasteiger partial charge in [0.1, 0.15) is 0 Å². The molecule has 2 atom stereocenters. The molecule has 0 fully saturated rings. The molecule has 2 aromatic rings.